The van der Waals surface area contributed by atoms with Crippen LogP contribution in [0.4, 0.5) is 5.95 Å². The van der Waals surface area contributed by atoms with Gasteiger partial charge in [-0.3, -0.25) is 0 Å². The van der Waals surface area contributed by atoms with E-state index in [1.54, 1.807) is 11.4 Å². The summed E-state index contributed by atoms with van der Waals surface area (Å²) in [6.45, 7) is 2.38. The molecule has 1 fully saturated rings. The van der Waals surface area contributed by atoms with Crippen LogP contribution in [0.2, 0.25) is 0 Å². The largest absolute Gasteiger partial charge is 0.368 e. The lowest BCUT2D eigenvalue weighted by Gasteiger charge is -2.35. The van der Waals surface area contributed by atoms with Gasteiger partial charge in [0.25, 0.3) is 0 Å². The summed E-state index contributed by atoms with van der Waals surface area (Å²) in [5.74, 6) is 4.19. The molecule has 1 saturated heterocycles. The first kappa shape index (κ1) is 16.5. The lowest BCUT2D eigenvalue weighted by Crippen LogP contribution is -2.51. The summed E-state index contributed by atoms with van der Waals surface area (Å²) in [5, 5.41) is 11.9. The summed E-state index contributed by atoms with van der Waals surface area (Å²) >= 11 is 0. The van der Waals surface area contributed by atoms with E-state index >= 15 is 0 Å². The van der Waals surface area contributed by atoms with Crippen LogP contribution in [0.15, 0.2) is 17.7 Å². The fourth-order valence-corrected chi connectivity index (χ4v) is 3.08. The lowest BCUT2D eigenvalue weighted by molar-refractivity contribution is 0.139. The molecular formula is C11H19N7O3S. The van der Waals surface area contributed by atoms with E-state index in [1.807, 2.05) is 10.3 Å². The molecule has 2 heterocycles. The highest BCUT2D eigenvalue weighted by molar-refractivity contribution is 7.96. The molecule has 22 heavy (non-hydrogen) atoms. The van der Waals surface area contributed by atoms with Crippen molar-refractivity contribution in [2.24, 2.45) is 5.29 Å². The van der Waals surface area contributed by atoms with E-state index in [0.717, 1.165) is 0 Å². The minimum atomic E-state index is -2.42. The maximum Gasteiger partial charge on any atom is 0.225 e. The van der Waals surface area contributed by atoms with Crippen molar-refractivity contribution in [3.8, 4) is 0 Å². The van der Waals surface area contributed by atoms with Crippen molar-refractivity contribution in [3.05, 3.63) is 22.9 Å². The summed E-state index contributed by atoms with van der Waals surface area (Å²) < 4.78 is 16.6. The van der Waals surface area contributed by atoms with Crippen LogP contribution in [0.1, 0.15) is 11.8 Å². The van der Waals surface area contributed by atoms with Gasteiger partial charge in [0.2, 0.25) is 5.95 Å². The van der Waals surface area contributed by atoms with Gasteiger partial charge in [-0.1, -0.05) is 0 Å². The number of anilines is 1. The maximum atomic E-state index is 12.1. The first-order valence-corrected chi connectivity index (χ1v) is 8.30. The number of aliphatic hydroxyl groups is 1. The SMILES string of the molecule is C=S(=O)(NC)N1CCN(c2ncc(C(O)NN=O)cn2)CC1. The Balaban J connectivity index is 1.98. The summed E-state index contributed by atoms with van der Waals surface area (Å²) in [7, 11) is -0.795. The third-order valence-electron chi connectivity index (χ3n) is 3.41. The van der Waals surface area contributed by atoms with E-state index < -0.39 is 16.1 Å². The molecule has 122 valence electrons. The number of rotatable bonds is 6. The second-order valence-corrected chi connectivity index (χ2v) is 6.91. The van der Waals surface area contributed by atoms with Crippen LogP contribution in [0.5, 0.6) is 0 Å². The van der Waals surface area contributed by atoms with Gasteiger partial charge < -0.3 is 10.0 Å². The zero-order chi connectivity index (χ0) is 16.2. The average molecular weight is 329 g/mol. The Labute approximate surface area is 128 Å². The van der Waals surface area contributed by atoms with E-state index in [2.05, 4.69) is 25.8 Å². The third kappa shape index (κ3) is 3.68. The molecule has 0 aromatic carbocycles. The molecule has 1 aliphatic heterocycles. The normalized spacial score (nSPS) is 20.2. The number of nitrogens with one attached hydrogen (secondary N) is 2. The monoisotopic (exact) mass is 329 g/mol. The van der Waals surface area contributed by atoms with Gasteiger partial charge >= 0.3 is 0 Å². The lowest BCUT2D eigenvalue weighted by atomic mass is 10.3. The zero-order valence-electron chi connectivity index (χ0n) is 12.2. The van der Waals surface area contributed by atoms with Crippen molar-refractivity contribution in [2.45, 2.75) is 6.23 Å². The number of piperazine rings is 1. The number of nitrogens with zero attached hydrogens (tertiary/aromatic N) is 5. The van der Waals surface area contributed by atoms with Crippen LogP contribution in [0, 0.1) is 4.91 Å². The topological polar surface area (TPSA) is 123 Å². The third-order valence-corrected chi connectivity index (χ3v) is 5.24. The van der Waals surface area contributed by atoms with Crippen LogP contribution in [0.3, 0.4) is 0 Å². The van der Waals surface area contributed by atoms with Crippen molar-refractivity contribution in [3.63, 3.8) is 0 Å². The molecule has 2 atom stereocenters. The quantitative estimate of drug-likeness (QED) is 0.254. The molecule has 11 heteroatoms. The van der Waals surface area contributed by atoms with Crippen molar-refractivity contribution >= 4 is 21.7 Å². The smallest absolute Gasteiger partial charge is 0.225 e. The number of hydrogen-bond donors (Lipinski definition) is 3. The molecule has 1 aromatic heterocycles. The zero-order valence-corrected chi connectivity index (χ0v) is 13.0. The highest BCUT2D eigenvalue weighted by Crippen LogP contribution is 2.14. The van der Waals surface area contributed by atoms with Crippen LogP contribution < -0.4 is 15.0 Å². The van der Waals surface area contributed by atoms with Crippen LogP contribution >= 0.6 is 0 Å². The molecule has 0 saturated carbocycles. The summed E-state index contributed by atoms with van der Waals surface area (Å²) in [4.78, 5) is 20.3. The van der Waals surface area contributed by atoms with Gasteiger partial charge in [0.05, 0.1) is 15.2 Å². The number of aliphatic hydroxyl groups excluding tert-OH is 1. The Bertz CT molecular complexity index is 599. The minimum absolute atomic E-state index is 0.345. The first-order chi connectivity index (χ1) is 10.5. The van der Waals surface area contributed by atoms with Gasteiger partial charge in [0.15, 0.2) is 6.23 Å². The Kier molecular flexibility index (Phi) is 5.24. The molecule has 0 radical (unpaired) electrons. The highest BCUT2D eigenvalue weighted by Gasteiger charge is 2.23. The number of nitroso groups, excluding NO2 is 1. The first-order valence-electron chi connectivity index (χ1n) is 6.61. The molecule has 0 bridgehead atoms. The van der Waals surface area contributed by atoms with Crippen LogP contribution in [-0.2, 0) is 9.89 Å². The fraction of sp³-hybridized carbons (Fsp3) is 0.545. The Morgan fingerprint density at radius 2 is 1.95 bits per heavy atom. The van der Waals surface area contributed by atoms with Crippen LogP contribution in [0.25, 0.3) is 0 Å². The Morgan fingerprint density at radius 3 is 2.45 bits per heavy atom. The summed E-state index contributed by atoms with van der Waals surface area (Å²) in [5.41, 5.74) is 2.31. The van der Waals surface area contributed by atoms with Gasteiger partial charge in [-0.25, -0.2) is 28.6 Å². The van der Waals surface area contributed by atoms with Crippen molar-refractivity contribution in [1.82, 2.24) is 24.4 Å². The Hall–Kier alpha value is -1.82. The van der Waals surface area contributed by atoms with Crippen LogP contribution in [-0.4, -0.2) is 62.7 Å². The number of hydrogen-bond acceptors (Lipinski definition) is 7. The van der Waals surface area contributed by atoms with E-state index in [1.165, 1.54) is 12.4 Å². The van der Waals surface area contributed by atoms with Crippen molar-refractivity contribution < 1.29 is 9.32 Å². The molecule has 0 spiro atoms. The molecule has 1 aromatic rings. The van der Waals surface area contributed by atoms with Gasteiger partial charge in [-0.15, -0.1) is 4.91 Å². The molecule has 1 aliphatic rings. The molecule has 2 rings (SSSR count). The van der Waals surface area contributed by atoms with E-state index in [-0.39, 0.29) is 0 Å². The van der Waals surface area contributed by atoms with Crippen molar-refractivity contribution in [1.29, 1.82) is 0 Å². The van der Waals surface area contributed by atoms with Gasteiger partial charge in [-0.05, 0) is 12.9 Å². The van der Waals surface area contributed by atoms with Crippen molar-refractivity contribution in [2.75, 3.05) is 38.1 Å². The molecule has 0 amide bonds. The van der Waals surface area contributed by atoms with E-state index in [9.17, 15) is 14.2 Å². The summed E-state index contributed by atoms with van der Waals surface area (Å²) in [6.07, 6.45) is 1.63. The highest BCUT2D eigenvalue weighted by atomic mass is 32.2. The van der Waals surface area contributed by atoms with E-state index in [4.69, 9.17) is 0 Å². The average Bonchev–Trinajstić information content (AvgIpc) is 2.55. The molecule has 0 aliphatic carbocycles. The predicted molar refractivity (Wildman–Crippen MR) is 84.0 cm³/mol. The van der Waals surface area contributed by atoms with Gasteiger partial charge in [0.1, 0.15) is 0 Å². The second kappa shape index (κ2) is 6.96. The predicted octanol–water partition coefficient (Wildman–Crippen LogP) is -1.37. The standard InChI is InChI=1S/C11H19N7O3S/c1-12-22(2,21)18-5-3-17(4-6-18)11-13-7-9(8-14-11)10(19)15-16-20/h7-8,10,19H,2-6H2,1H3,(H,12,21)(H,15,20). The van der Waals surface area contributed by atoms with E-state index in [0.29, 0.717) is 37.7 Å². The Morgan fingerprint density at radius 1 is 1.36 bits per heavy atom. The van der Waals surface area contributed by atoms with Gasteiger partial charge in [-0.2, -0.15) is 0 Å². The summed E-state index contributed by atoms with van der Waals surface area (Å²) in [6, 6.07) is 0. The van der Waals surface area contributed by atoms with Gasteiger partial charge in [0, 0.05) is 44.1 Å². The molecule has 2 unspecified atom stereocenters. The minimum Gasteiger partial charge on any atom is -0.368 e. The fourth-order valence-electron chi connectivity index (χ4n) is 2.07. The number of aromatic nitrogens is 2. The molecule has 10 nitrogen and oxygen atoms in total. The maximum absolute atomic E-state index is 12.1. The second-order valence-electron chi connectivity index (χ2n) is 4.70. The molecular weight excluding hydrogens is 310 g/mol. The molecule has 3 N–H and O–H groups in total.